The number of aryl methyl sites for hydroxylation is 2. The van der Waals surface area contributed by atoms with E-state index in [2.05, 4.69) is 22.9 Å². The fourth-order valence-electron chi connectivity index (χ4n) is 3.07. The van der Waals surface area contributed by atoms with Crippen LogP contribution in [0.2, 0.25) is 0 Å². The average Bonchev–Trinajstić information content (AvgIpc) is 2.95. The van der Waals surface area contributed by atoms with Crippen molar-refractivity contribution >= 4 is 33.3 Å². The van der Waals surface area contributed by atoms with Crippen LogP contribution in [0.3, 0.4) is 0 Å². The SMILES string of the molecule is CCc1cc2c(N3CCN(C(=O)C(C)(C)C)CC3)nc(C)nc2s1. The van der Waals surface area contributed by atoms with Crippen LogP contribution in [0, 0.1) is 12.3 Å². The highest BCUT2D eigenvalue weighted by molar-refractivity contribution is 7.18. The number of piperazine rings is 1. The van der Waals surface area contributed by atoms with E-state index in [9.17, 15) is 4.79 Å². The molecule has 1 saturated heterocycles. The zero-order chi connectivity index (χ0) is 17.5. The molecule has 0 aliphatic carbocycles. The Balaban J connectivity index is 1.83. The molecule has 2 aromatic heterocycles. The molecular weight excluding hydrogens is 320 g/mol. The molecule has 1 aliphatic heterocycles. The molecule has 3 rings (SSSR count). The molecule has 0 atom stereocenters. The Morgan fingerprint density at radius 1 is 1.21 bits per heavy atom. The minimum absolute atomic E-state index is 0.231. The number of carbonyl (C=O) groups excluding carboxylic acids is 1. The van der Waals surface area contributed by atoms with Gasteiger partial charge in [0.1, 0.15) is 16.5 Å². The summed E-state index contributed by atoms with van der Waals surface area (Å²) in [7, 11) is 0. The Kier molecular flexibility index (Phi) is 4.51. The van der Waals surface area contributed by atoms with Gasteiger partial charge in [-0.05, 0) is 19.4 Å². The summed E-state index contributed by atoms with van der Waals surface area (Å²) in [4.78, 5) is 28.4. The van der Waals surface area contributed by atoms with Crippen molar-refractivity contribution in [3.05, 3.63) is 16.8 Å². The summed E-state index contributed by atoms with van der Waals surface area (Å²) in [5.74, 6) is 2.07. The molecule has 1 fully saturated rings. The Labute approximate surface area is 147 Å². The number of anilines is 1. The van der Waals surface area contributed by atoms with Gasteiger partial charge in [-0.3, -0.25) is 4.79 Å². The second-order valence-corrected chi connectivity index (χ2v) is 8.52. The van der Waals surface area contributed by atoms with Crippen LogP contribution < -0.4 is 4.90 Å². The summed E-state index contributed by atoms with van der Waals surface area (Å²) in [6, 6.07) is 2.22. The predicted molar refractivity (Wildman–Crippen MR) is 99.8 cm³/mol. The molecule has 1 amide bonds. The molecular formula is C18H26N4OS. The standard InChI is InChI=1S/C18H26N4OS/c1-6-13-11-14-15(19-12(2)20-16(14)24-13)21-7-9-22(10-8-21)17(23)18(3,4)5/h11H,6-10H2,1-5H3. The van der Waals surface area contributed by atoms with Crippen molar-refractivity contribution in [2.24, 2.45) is 5.41 Å². The van der Waals surface area contributed by atoms with E-state index >= 15 is 0 Å². The van der Waals surface area contributed by atoms with E-state index in [0.717, 1.165) is 54.5 Å². The van der Waals surface area contributed by atoms with Gasteiger partial charge < -0.3 is 9.80 Å². The Morgan fingerprint density at radius 3 is 2.46 bits per heavy atom. The second-order valence-electron chi connectivity index (χ2n) is 7.41. The van der Waals surface area contributed by atoms with Crippen LogP contribution in [-0.2, 0) is 11.2 Å². The zero-order valence-corrected chi connectivity index (χ0v) is 16.0. The maximum atomic E-state index is 12.5. The summed E-state index contributed by atoms with van der Waals surface area (Å²) in [6.45, 7) is 13.2. The first-order valence-electron chi connectivity index (χ1n) is 8.61. The number of hydrogen-bond acceptors (Lipinski definition) is 5. The molecule has 6 heteroatoms. The summed E-state index contributed by atoms with van der Waals surface area (Å²) >= 11 is 1.76. The van der Waals surface area contributed by atoms with Gasteiger partial charge >= 0.3 is 0 Å². The molecule has 5 nitrogen and oxygen atoms in total. The van der Waals surface area contributed by atoms with Crippen molar-refractivity contribution in [2.75, 3.05) is 31.1 Å². The van der Waals surface area contributed by atoms with Gasteiger partial charge in [0.25, 0.3) is 0 Å². The number of aromatic nitrogens is 2. The first-order chi connectivity index (χ1) is 11.3. The monoisotopic (exact) mass is 346 g/mol. The lowest BCUT2D eigenvalue weighted by molar-refractivity contribution is -0.139. The number of thiophene rings is 1. The van der Waals surface area contributed by atoms with E-state index in [4.69, 9.17) is 4.98 Å². The van der Waals surface area contributed by atoms with Gasteiger partial charge in [0.05, 0.1) is 5.39 Å². The molecule has 0 saturated carbocycles. The Hall–Kier alpha value is -1.69. The lowest BCUT2D eigenvalue weighted by Gasteiger charge is -2.38. The number of hydrogen-bond donors (Lipinski definition) is 0. The Morgan fingerprint density at radius 2 is 1.88 bits per heavy atom. The highest BCUT2D eigenvalue weighted by Gasteiger charge is 2.30. The van der Waals surface area contributed by atoms with E-state index in [1.165, 1.54) is 4.88 Å². The van der Waals surface area contributed by atoms with Gasteiger partial charge in [0.15, 0.2) is 0 Å². The first-order valence-corrected chi connectivity index (χ1v) is 9.42. The largest absolute Gasteiger partial charge is 0.352 e. The van der Waals surface area contributed by atoms with Crippen molar-refractivity contribution in [1.29, 1.82) is 0 Å². The summed E-state index contributed by atoms with van der Waals surface area (Å²) in [5.41, 5.74) is -0.315. The van der Waals surface area contributed by atoms with E-state index in [1.807, 2.05) is 32.6 Å². The molecule has 2 aromatic rings. The molecule has 130 valence electrons. The second kappa shape index (κ2) is 6.31. The zero-order valence-electron chi connectivity index (χ0n) is 15.2. The highest BCUT2D eigenvalue weighted by atomic mass is 32.1. The quantitative estimate of drug-likeness (QED) is 0.837. The number of amides is 1. The van der Waals surface area contributed by atoms with Crippen molar-refractivity contribution in [1.82, 2.24) is 14.9 Å². The van der Waals surface area contributed by atoms with Gasteiger partial charge in [-0.2, -0.15) is 0 Å². The molecule has 3 heterocycles. The number of fused-ring (bicyclic) bond motifs is 1. The fraction of sp³-hybridized carbons (Fsp3) is 0.611. The summed E-state index contributed by atoms with van der Waals surface area (Å²) in [5, 5.41) is 1.15. The third kappa shape index (κ3) is 3.24. The van der Waals surface area contributed by atoms with Crippen molar-refractivity contribution < 1.29 is 4.79 Å². The smallest absolute Gasteiger partial charge is 0.228 e. The van der Waals surface area contributed by atoms with Crippen LogP contribution >= 0.6 is 11.3 Å². The number of carbonyl (C=O) groups is 1. The molecule has 0 unspecified atom stereocenters. The molecule has 0 bridgehead atoms. The minimum atomic E-state index is -0.315. The van der Waals surface area contributed by atoms with E-state index in [1.54, 1.807) is 11.3 Å². The van der Waals surface area contributed by atoms with Crippen LogP contribution in [0.5, 0.6) is 0 Å². The number of nitrogens with zero attached hydrogens (tertiary/aromatic N) is 4. The van der Waals surface area contributed by atoms with E-state index in [0.29, 0.717) is 0 Å². The maximum absolute atomic E-state index is 12.5. The maximum Gasteiger partial charge on any atom is 0.228 e. The lowest BCUT2D eigenvalue weighted by Crippen LogP contribution is -2.52. The van der Waals surface area contributed by atoms with Crippen LogP contribution in [-0.4, -0.2) is 47.0 Å². The molecule has 0 aromatic carbocycles. The average molecular weight is 346 g/mol. The minimum Gasteiger partial charge on any atom is -0.352 e. The summed E-state index contributed by atoms with van der Waals surface area (Å²) < 4.78 is 0. The van der Waals surface area contributed by atoms with Gasteiger partial charge in [-0.1, -0.05) is 27.7 Å². The van der Waals surface area contributed by atoms with Crippen LogP contribution in [0.4, 0.5) is 5.82 Å². The van der Waals surface area contributed by atoms with Crippen LogP contribution in [0.1, 0.15) is 38.4 Å². The normalized spacial score (nSPS) is 16.0. The highest BCUT2D eigenvalue weighted by Crippen LogP contribution is 2.32. The number of rotatable bonds is 2. The molecule has 0 radical (unpaired) electrons. The third-order valence-electron chi connectivity index (χ3n) is 4.39. The predicted octanol–water partition coefficient (Wildman–Crippen LogP) is 3.26. The van der Waals surface area contributed by atoms with Gasteiger partial charge in [0, 0.05) is 36.5 Å². The molecule has 24 heavy (non-hydrogen) atoms. The van der Waals surface area contributed by atoms with E-state index < -0.39 is 0 Å². The summed E-state index contributed by atoms with van der Waals surface area (Å²) in [6.07, 6.45) is 1.02. The van der Waals surface area contributed by atoms with Crippen molar-refractivity contribution in [3.8, 4) is 0 Å². The van der Waals surface area contributed by atoms with Crippen molar-refractivity contribution in [2.45, 2.75) is 41.0 Å². The van der Waals surface area contributed by atoms with Crippen molar-refractivity contribution in [3.63, 3.8) is 0 Å². The molecule has 0 N–H and O–H groups in total. The fourth-order valence-corrected chi connectivity index (χ4v) is 4.08. The van der Waals surface area contributed by atoms with Gasteiger partial charge in [-0.25, -0.2) is 9.97 Å². The molecule has 1 aliphatic rings. The first kappa shape index (κ1) is 17.1. The van der Waals surface area contributed by atoms with Gasteiger partial charge in [0.2, 0.25) is 5.91 Å². The lowest BCUT2D eigenvalue weighted by atomic mass is 9.94. The van der Waals surface area contributed by atoms with Crippen LogP contribution in [0.15, 0.2) is 6.07 Å². The van der Waals surface area contributed by atoms with Gasteiger partial charge in [-0.15, -0.1) is 11.3 Å². The van der Waals surface area contributed by atoms with Crippen LogP contribution in [0.25, 0.3) is 10.2 Å². The molecule has 0 spiro atoms. The topological polar surface area (TPSA) is 49.3 Å². The Bertz CT molecular complexity index is 754. The third-order valence-corrected chi connectivity index (χ3v) is 5.57. The van der Waals surface area contributed by atoms with E-state index in [-0.39, 0.29) is 11.3 Å².